The molecule has 1 saturated heterocycles. The molecule has 0 aromatic heterocycles. The Morgan fingerprint density at radius 3 is 2.44 bits per heavy atom. The molecule has 0 spiro atoms. The summed E-state index contributed by atoms with van der Waals surface area (Å²) in [5.41, 5.74) is 2.85. The number of nitrogens with zero attached hydrogens (tertiary/aromatic N) is 2. The summed E-state index contributed by atoms with van der Waals surface area (Å²) in [5.74, 6) is 0. The normalized spacial score (nSPS) is 18.9. The van der Waals surface area contributed by atoms with Crippen LogP contribution in [0.2, 0.25) is 0 Å². The van der Waals surface area contributed by atoms with Crippen LogP contribution in [0.15, 0.2) is 24.3 Å². The van der Waals surface area contributed by atoms with Crippen molar-refractivity contribution in [1.29, 1.82) is 0 Å². The molecule has 0 amide bonds. The largest absolute Gasteiger partial charge is 0.369 e. The van der Waals surface area contributed by atoms with Gasteiger partial charge in [-0.15, -0.1) is 0 Å². The van der Waals surface area contributed by atoms with Gasteiger partial charge in [0.15, 0.2) is 0 Å². The second-order valence-electron chi connectivity index (χ2n) is 5.10. The van der Waals surface area contributed by atoms with Gasteiger partial charge in [0.2, 0.25) is 0 Å². The van der Waals surface area contributed by atoms with Gasteiger partial charge in [0, 0.05) is 37.9 Å². The minimum absolute atomic E-state index is 0.459. The Balaban J connectivity index is 2.21. The number of hydrogen-bond donors (Lipinski definition) is 1. The van der Waals surface area contributed by atoms with E-state index < -0.39 is 0 Å². The van der Waals surface area contributed by atoms with Gasteiger partial charge in [0.25, 0.3) is 0 Å². The number of hydrogen-bond acceptors (Lipinski definition) is 3. The molecule has 2 rings (SSSR count). The zero-order valence-electron chi connectivity index (χ0n) is 11.8. The zero-order chi connectivity index (χ0) is 13.0. The fourth-order valence-electron chi connectivity index (χ4n) is 2.70. The molecule has 1 aliphatic heterocycles. The number of likely N-dealkylation sites (N-methyl/N-ethyl adjacent to an activating group) is 1. The van der Waals surface area contributed by atoms with Crippen molar-refractivity contribution in [2.75, 3.05) is 45.2 Å². The summed E-state index contributed by atoms with van der Waals surface area (Å²) in [4.78, 5) is 4.92. The SMILES string of the molecule is CCC(NC)c1ccccc1N1CCN(C)CC1. The number of para-hydroxylation sites is 1. The first-order valence-corrected chi connectivity index (χ1v) is 6.96. The minimum Gasteiger partial charge on any atom is -0.369 e. The maximum atomic E-state index is 3.42. The standard InChI is InChI=1S/C15H25N3/c1-4-14(16-2)13-7-5-6-8-15(13)18-11-9-17(3)10-12-18/h5-8,14,16H,4,9-12H2,1-3H3. The molecule has 0 aliphatic carbocycles. The third-order valence-electron chi connectivity index (χ3n) is 3.91. The lowest BCUT2D eigenvalue weighted by Gasteiger charge is -2.36. The monoisotopic (exact) mass is 247 g/mol. The summed E-state index contributed by atoms with van der Waals surface area (Å²) in [6.07, 6.45) is 1.13. The predicted octanol–water partition coefficient (Wildman–Crippen LogP) is 2.11. The summed E-state index contributed by atoms with van der Waals surface area (Å²) in [6, 6.07) is 9.29. The average molecular weight is 247 g/mol. The van der Waals surface area contributed by atoms with Crippen LogP contribution in [-0.4, -0.2) is 45.2 Å². The molecule has 1 aromatic rings. The molecule has 0 bridgehead atoms. The van der Waals surface area contributed by atoms with E-state index in [1.807, 2.05) is 0 Å². The van der Waals surface area contributed by atoms with Gasteiger partial charge in [-0.3, -0.25) is 0 Å². The van der Waals surface area contributed by atoms with Crippen LogP contribution in [0.4, 0.5) is 5.69 Å². The van der Waals surface area contributed by atoms with E-state index in [0.717, 1.165) is 32.6 Å². The molecule has 1 fully saturated rings. The first kappa shape index (κ1) is 13.4. The fourth-order valence-corrected chi connectivity index (χ4v) is 2.70. The molecule has 0 radical (unpaired) electrons. The molecule has 1 N–H and O–H groups in total. The minimum atomic E-state index is 0.459. The molecule has 100 valence electrons. The van der Waals surface area contributed by atoms with Gasteiger partial charge < -0.3 is 15.1 Å². The van der Waals surface area contributed by atoms with Crippen LogP contribution in [0.5, 0.6) is 0 Å². The molecule has 0 saturated carbocycles. The van der Waals surface area contributed by atoms with Crippen molar-refractivity contribution in [1.82, 2.24) is 10.2 Å². The van der Waals surface area contributed by atoms with Crippen LogP contribution < -0.4 is 10.2 Å². The van der Waals surface area contributed by atoms with E-state index >= 15 is 0 Å². The highest BCUT2D eigenvalue weighted by Gasteiger charge is 2.19. The molecule has 1 unspecified atom stereocenters. The predicted molar refractivity (Wildman–Crippen MR) is 78.2 cm³/mol. The van der Waals surface area contributed by atoms with E-state index in [2.05, 4.69) is 60.4 Å². The third kappa shape index (κ3) is 2.85. The lowest BCUT2D eigenvalue weighted by Crippen LogP contribution is -2.45. The maximum Gasteiger partial charge on any atom is 0.0415 e. The highest BCUT2D eigenvalue weighted by atomic mass is 15.2. The van der Waals surface area contributed by atoms with Crippen LogP contribution in [0.1, 0.15) is 24.9 Å². The number of piperazine rings is 1. The van der Waals surface area contributed by atoms with Gasteiger partial charge in [-0.05, 0) is 32.1 Å². The second-order valence-corrected chi connectivity index (χ2v) is 5.10. The van der Waals surface area contributed by atoms with Crippen LogP contribution in [-0.2, 0) is 0 Å². The summed E-state index contributed by atoms with van der Waals surface area (Å²) < 4.78 is 0. The van der Waals surface area contributed by atoms with Gasteiger partial charge in [-0.1, -0.05) is 25.1 Å². The van der Waals surface area contributed by atoms with E-state index in [1.54, 1.807) is 0 Å². The number of benzene rings is 1. The fraction of sp³-hybridized carbons (Fsp3) is 0.600. The molecule has 1 aliphatic rings. The Labute approximate surface area is 111 Å². The quantitative estimate of drug-likeness (QED) is 0.879. The van der Waals surface area contributed by atoms with Crippen molar-refractivity contribution in [3.05, 3.63) is 29.8 Å². The van der Waals surface area contributed by atoms with Gasteiger partial charge in [0.1, 0.15) is 0 Å². The van der Waals surface area contributed by atoms with Crippen molar-refractivity contribution in [2.45, 2.75) is 19.4 Å². The average Bonchev–Trinajstić information content (AvgIpc) is 2.42. The van der Waals surface area contributed by atoms with E-state index in [9.17, 15) is 0 Å². The summed E-state index contributed by atoms with van der Waals surface area (Å²) >= 11 is 0. The Morgan fingerprint density at radius 1 is 1.17 bits per heavy atom. The van der Waals surface area contributed by atoms with Gasteiger partial charge >= 0.3 is 0 Å². The van der Waals surface area contributed by atoms with Crippen molar-refractivity contribution in [2.24, 2.45) is 0 Å². The second kappa shape index (κ2) is 6.21. The highest BCUT2D eigenvalue weighted by Crippen LogP contribution is 2.28. The van der Waals surface area contributed by atoms with Gasteiger partial charge in [0.05, 0.1) is 0 Å². The molecular formula is C15H25N3. The Hall–Kier alpha value is -1.06. The first-order chi connectivity index (χ1) is 8.76. The van der Waals surface area contributed by atoms with Crippen molar-refractivity contribution in [3.8, 4) is 0 Å². The van der Waals surface area contributed by atoms with E-state index in [1.165, 1.54) is 11.3 Å². The van der Waals surface area contributed by atoms with Crippen LogP contribution in [0, 0.1) is 0 Å². The van der Waals surface area contributed by atoms with Crippen LogP contribution >= 0.6 is 0 Å². The van der Waals surface area contributed by atoms with Crippen molar-refractivity contribution in [3.63, 3.8) is 0 Å². The Morgan fingerprint density at radius 2 is 1.83 bits per heavy atom. The molecule has 1 heterocycles. The van der Waals surface area contributed by atoms with E-state index in [0.29, 0.717) is 6.04 Å². The van der Waals surface area contributed by atoms with Crippen LogP contribution in [0.3, 0.4) is 0 Å². The first-order valence-electron chi connectivity index (χ1n) is 6.96. The smallest absolute Gasteiger partial charge is 0.0415 e. The summed E-state index contributed by atoms with van der Waals surface area (Å²) in [6.45, 7) is 6.82. The number of anilines is 1. The lowest BCUT2D eigenvalue weighted by atomic mass is 10.0. The van der Waals surface area contributed by atoms with Gasteiger partial charge in [-0.25, -0.2) is 0 Å². The number of nitrogens with one attached hydrogen (secondary N) is 1. The lowest BCUT2D eigenvalue weighted by molar-refractivity contribution is 0.312. The summed E-state index contributed by atoms with van der Waals surface area (Å²) in [7, 11) is 4.25. The van der Waals surface area contributed by atoms with Crippen LogP contribution in [0.25, 0.3) is 0 Å². The third-order valence-corrected chi connectivity index (χ3v) is 3.91. The van der Waals surface area contributed by atoms with Crippen molar-refractivity contribution < 1.29 is 0 Å². The molecule has 3 nitrogen and oxygen atoms in total. The van der Waals surface area contributed by atoms with Crippen molar-refractivity contribution >= 4 is 5.69 Å². The Kier molecular flexibility index (Phi) is 4.61. The molecule has 1 atom stereocenters. The molecular weight excluding hydrogens is 222 g/mol. The highest BCUT2D eigenvalue weighted by molar-refractivity contribution is 5.55. The maximum absolute atomic E-state index is 3.42. The topological polar surface area (TPSA) is 18.5 Å². The number of rotatable bonds is 4. The Bertz CT molecular complexity index is 366. The summed E-state index contributed by atoms with van der Waals surface area (Å²) in [5, 5.41) is 3.42. The molecule has 18 heavy (non-hydrogen) atoms. The molecule has 3 heteroatoms. The van der Waals surface area contributed by atoms with Gasteiger partial charge in [-0.2, -0.15) is 0 Å². The van der Waals surface area contributed by atoms with E-state index in [-0.39, 0.29) is 0 Å². The molecule has 1 aromatic carbocycles. The van der Waals surface area contributed by atoms with E-state index in [4.69, 9.17) is 0 Å². The zero-order valence-corrected chi connectivity index (χ0v) is 11.8.